The first-order chi connectivity index (χ1) is 6.61. The third-order valence-electron chi connectivity index (χ3n) is 1.62. The Kier molecular flexibility index (Phi) is 3.58. The van der Waals surface area contributed by atoms with Crippen LogP contribution in [-0.2, 0) is 4.79 Å². The van der Waals surface area contributed by atoms with Gasteiger partial charge in [0.2, 0.25) is 0 Å². The normalized spacial score (nSPS) is 9.79. The highest BCUT2D eigenvalue weighted by Crippen LogP contribution is 2.08. The Morgan fingerprint density at radius 3 is 2.86 bits per heavy atom. The summed E-state index contributed by atoms with van der Waals surface area (Å²) in [6.07, 6.45) is -0.0671. The van der Waals surface area contributed by atoms with Crippen LogP contribution in [0.15, 0.2) is 5.38 Å². The average molecular weight is 214 g/mol. The summed E-state index contributed by atoms with van der Waals surface area (Å²) in [7, 11) is 0. The van der Waals surface area contributed by atoms with Crippen molar-refractivity contribution in [3.8, 4) is 0 Å². The standard InChI is InChI=1S/C8H10N2O3S/c1-5-6(4-14-10-5)8(13)9-3-2-7(11)12/h4H,2-3H2,1H3,(H,9,13)(H,11,12). The number of nitrogens with one attached hydrogen (secondary N) is 1. The van der Waals surface area contributed by atoms with Crippen molar-refractivity contribution in [1.82, 2.24) is 9.69 Å². The van der Waals surface area contributed by atoms with E-state index in [1.54, 1.807) is 12.3 Å². The number of hydrogen-bond acceptors (Lipinski definition) is 4. The molecule has 2 N–H and O–H groups in total. The molecular weight excluding hydrogens is 204 g/mol. The Hall–Kier alpha value is -1.43. The molecule has 0 aromatic carbocycles. The lowest BCUT2D eigenvalue weighted by Crippen LogP contribution is -2.26. The van der Waals surface area contributed by atoms with E-state index in [4.69, 9.17) is 5.11 Å². The van der Waals surface area contributed by atoms with Gasteiger partial charge in [0.15, 0.2) is 0 Å². The summed E-state index contributed by atoms with van der Waals surface area (Å²) in [5.41, 5.74) is 1.18. The lowest BCUT2D eigenvalue weighted by atomic mass is 10.2. The van der Waals surface area contributed by atoms with Crippen molar-refractivity contribution >= 4 is 23.4 Å². The van der Waals surface area contributed by atoms with Crippen LogP contribution in [0.2, 0.25) is 0 Å². The van der Waals surface area contributed by atoms with E-state index in [1.807, 2.05) is 0 Å². The number of aromatic nitrogens is 1. The third kappa shape index (κ3) is 2.81. The van der Waals surface area contributed by atoms with Crippen LogP contribution >= 0.6 is 11.5 Å². The van der Waals surface area contributed by atoms with Crippen LogP contribution in [-0.4, -0.2) is 27.9 Å². The molecule has 1 heterocycles. The van der Waals surface area contributed by atoms with Crippen LogP contribution in [0.5, 0.6) is 0 Å². The Labute approximate surface area is 84.9 Å². The predicted molar refractivity (Wildman–Crippen MR) is 51.4 cm³/mol. The van der Waals surface area contributed by atoms with Gasteiger partial charge in [-0.15, -0.1) is 0 Å². The molecule has 0 aliphatic carbocycles. The Balaban J connectivity index is 2.44. The number of rotatable bonds is 4. The fourth-order valence-electron chi connectivity index (χ4n) is 0.889. The highest BCUT2D eigenvalue weighted by Gasteiger charge is 2.10. The maximum Gasteiger partial charge on any atom is 0.305 e. The molecule has 0 bridgehead atoms. The van der Waals surface area contributed by atoms with E-state index in [0.29, 0.717) is 11.3 Å². The number of aryl methyl sites for hydroxylation is 1. The first-order valence-electron chi connectivity index (χ1n) is 4.02. The summed E-state index contributed by atoms with van der Waals surface area (Å²) < 4.78 is 3.95. The average Bonchev–Trinajstić information content (AvgIpc) is 2.50. The molecule has 1 amide bonds. The number of aliphatic carboxylic acids is 1. The Bertz CT molecular complexity index is 348. The number of nitrogens with zero attached hydrogens (tertiary/aromatic N) is 1. The van der Waals surface area contributed by atoms with E-state index in [0.717, 1.165) is 0 Å². The SMILES string of the molecule is Cc1nscc1C(=O)NCCC(=O)O. The fourth-order valence-corrected chi connectivity index (χ4v) is 1.58. The molecule has 0 fully saturated rings. The van der Waals surface area contributed by atoms with Crippen molar-refractivity contribution in [1.29, 1.82) is 0 Å². The molecule has 0 aliphatic heterocycles. The zero-order valence-electron chi connectivity index (χ0n) is 7.61. The molecule has 1 aromatic heterocycles. The number of carbonyl (C=O) groups excluding carboxylic acids is 1. The molecule has 0 saturated carbocycles. The van der Waals surface area contributed by atoms with Crippen molar-refractivity contribution in [3.05, 3.63) is 16.6 Å². The summed E-state index contributed by atoms with van der Waals surface area (Å²) >= 11 is 1.21. The van der Waals surface area contributed by atoms with E-state index in [-0.39, 0.29) is 18.9 Å². The van der Waals surface area contributed by atoms with Crippen LogP contribution in [0, 0.1) is 6.92 Å². The van der Waals surface area contributed by atoms with E-state index in [9.17, 15) is 9.59 Å². The number of amides is 1. The van der Waals surface area contributed by atoms with Gasteiger partial charge in [0.25, 0.3) is 5.91 Å². The van der Waals surface area contributed by atoms with Gasteiger partial charge in [0, 0.05) is 11.9 Å². The van der Waals surface area contributed by atoms with Crippen LogP contribution < -0.4 is 5.32 Å². The maximum atomic E-state index is 11.4. The van der Waals surface area contributed by atoms with E-state index < -0.39 is 5.97 Å². The second kappa shape index (κ2) is 4.71. The molecule has 0 saturated heterocycles. The van der Waals surface area contributed by atoms with Crippen LogP contribution in [0.4, 0.5) is 0 Å². The molecule has 0 spiro atoms. The van der Waals surface area contributed by atoms with Crippen molar-refractivity contribution < 1.29 is 14.7 Å². The molecule has 76 valence electrons. The molecule has 5 nitrogen and oxygen atoms in total. The summed E-state index contributed by atoms with van der Waals surface area (Å²) in [5, 5.41) is 12.5. The zero-order valence-corrected chi connectivity index (χ0v) is 8.43. The summed E-state index contributed by atoms with van der Waals surface area (Å²) in [5.74, 6) is -1.19. The molecule has 0 aliphatic rings. The number of carboxylic acid groups (broad SMARTS) is 1. The minimum Gasteiger partial charge on any atom is -0.481 e. The van der Waals surface area contributed by atoms with Crippen LogP contribution in [0.3, 0.4) is 0 Å². The van der Waals surface area contributed by atoms with Gasteiger partial charge in [0.1, 0.15) is 0 Å². The molecule has 0 unspecified atom stereocenters. The number of carboxylic acids is 1. The summed E-state index contributed by atoms with van der Waals surface area (Å²) in [6.45, 7) is 1.88. The monoisotopic (exact) mass is 214 g/mol. The second-order valence-corrected chi connectivity index (χ2v) is 3.34. The lowest BCUT2D eigenvalue weighted by molar-refractivity contribution is -0.136. The smallest absolute Gasteiger partial charge is 0.305 e. The minimum atomic E-state index is -0.925. The largest absolute Gasteiger partial charge is 0.481 e. The number of carbonyl (C=O) groups is 2. The first kappa shape index (κ1) is 10.6. The van der Waals surface area contributed by atoms with E-state index >= 15 is 0 Å². The predicted octanol–water partition coefficient (Wildman–Crippen LogP) is 0.656. The van der Waals surface area contributed by atoms with Gasteiger partial charge in [-0.05, 0) is 18.5 Å². The molecule has 1 aromatic rings. The van der Waals surface area contributed by atoms with Crippen LogP contribution in [0.1, 0.15) is 22.5 Å². The van der Waals surface area contributed by atoms with Gasteiger partial charge in [-0.25, -0.2) is 0 Å². The molecule has 0 atom stereocenters. The van der Waals surface area contributed by atoms with Gasteiger partial charge in [-0.2, -0.15) is 4.37 Å². The minimum absolute atomic E-state index is 0.0671. The topological polar surface area (TPSA) is 79.3 Å². The number of hydrogen-bond donors (Lipinski definition) is 2. The highest BCUT2D eigenvalue weighted by atomic mass is 32.1. The zero-order chi connectivity index (χ0) is 10.6. The second-order valence-electron chi connectivity index (χ2n) is 2.71. The first-order valence-corrected chi connectivity index (χ1v) is 4.86. The van der Waals surface area contributed by atoms with Gasteiger partial charge in [0.05, 0.1) is 17.7 Å². The molecule has 6 heteroatoms. The Morgan fingerprint density at radius 2 is 2.36 bits per heavy atom. The highest BCUT2D eigenvalue weighted by molar-refractivity contribution is 7.03. The van der Waals surface area contributed by atoms with Crippen LogP contribution in [0.25, 0.3) is 0 Å². The molecule has 0 radical (unpaired) electrons. The van der Waals surface area contributed by atoms with E-state index in [1.165, 1.54) is 11.5 Å². The van der Waals surface area contributed by atoms with Gasteiger partial charge in [-0.1, -0.05) is 0 Å². The fraction of sp³-hybridized carbons (Fsp3) is 0.375. The molecule has 1 rings (SSSR count). The van der Waals surface area contributed by atoms with E-state index in [2.05, 4.69) is 9.69 Å². The molecule has 14 heavy (non-hydrogen) atoms. The van der Waals surface area contributed by atoms with Gasteiger partial charge in [-0.3, -0.25) is 9.59 Å². The van der Waals surface area contributed by atoms with Crippen molar-refractivity contribution in [2.45, 2.75) is 13.3 Å². The third-order valence-corrected chi connectivity index (χ3v) is 2.34. The van der Waals surface area contributed by atoms with Crippen molar-refractivity contribution in [2.75, 3.05) is 6.54 Å². The maximum absolute atomic E-state index is 11.4. The summed E-state index contributed by atoms with van der Waals surface area (Å²) in [4.78, 5) is 21.5. The lowest BCUT2D eigenvalue weighted by Gasteiger charge is -2.01. The molecular formula is C8H10N2O3S. The Morgan fingerprint density at radius 1 is 1.64 bits per heavy atom. The quantitative estimate of drug-likeness (QED) is 0.771. The van der Waals surface area contributed by atoms with Crippen molar-refractivity contribution in [2.24, 2.45) is 0 Å². The van der Waals surface area contributed by atoms with Gasteiger partial charge < -0.3 is 10.4 Å². The van der Waals surface area contributed by atoms with Crippen molar-refractivity contribution in [3.63, 3.8) is 0 Å². The van der Waals surface area contributed by atoms with Gasteiger partial charge >= 0.3 is 5.97 Å². The summed E-state index contributed by atoms with van der Waals surface area (Å²) in [6, 6.07) is 0.